The summed E-state index contributed by atoms with van der Waals surface area (Å²) < 4.78 is 0. The van der Waals surface area contributed by atoms with Crippen LogP contribution in [-0.4, -0.2) is 24.2 Å². The Balaban J connectivity index is 2.58. The Morgan fingerprint density at radius 2 is 2.11 bits per heavy atom. The van der Waals surface area contributed by atoms with Gasteiger partial charge in [0.1, 0.15) is 0 Å². The molecule has 1 unspecified atom stereocenters. The number of hydrogen-bond acceptors (Lipinski definition) is 2. The van der Waals surface area contributed by atoms with Crippen LogP contribution in [0.1, 0.15) is 42.1 Å². The molecule has 0 aliphatic heterocycles. The van der Waals surface area contributed by atoms with Gasteiger partial charge in [-0.1, -0.05) is 24.9 Å². The molecule has 19 heavy (non-hydrogen) atoms. The maximum absolute atomic E-state index is 12.0. The van der Waals surface area contributed by atoms with Crippen LogP contribution in [0.2, 0.25) is 5.02 Å². The van der Waals surface area contributed by atoms with Crippen molar-refractivity contribution in [2.24, 2.45) is 5.92 Å². The molecule has 0 fully saturated rings. The Hall–Kier alpha value is -1.06. The predicted molar refractivity (Wildman–Crippen MR) is 78.6 cm³/mol. The van der Waals surface area contributed by atoms with Gasteiger partial charge in [0, 0.05) is 23.7 Å². The van der Waals surface area contributed by atoms with Gasteiger partial charge in [0.25, 0.3) is 5.91 Å². The quantitative estimate of drug-likeness (QED) is 0.807. The molecule has 0 spiro atoms. The average molecular weight is 284 g/mol. The number of amides is 1. The van der Waals surface area contributed by atoms with Crippen LogP contribution in [0.4, 0.5) is 0 Å². The first-order valence-electron chi connectivity index (χ1n) is 6.73. The SMILES string of the molecule is CCCC(CCO)CNC(=O)c1cc(C)cc(Cl)c1. The Morgan fingerprint density at radius 3 is 2.68 bits per heavy atom. The highest BCUT2D eigenvalue weighted by molar-refractivity contribution is 6.31. The largest absolute Gasteiger partial charge is 0.396 e. The molecule has 2 N–H and O–H groups in total. The topological polar surface area (TPSA) is 49.3 Å². The van der Waals surface area contributed by atoms with Crippen molar-refractivity contribution in [2.45, 2.75) is 33.1 Å². The van der Waals surface area contributed by atoms with Crippen LogP contribution >= 0.6 is 11.6 Å². The van der Waals surface area contributed by atoms with Crippen molar-refractivity contribution >= 4 is 17.5 Å². The van der Waals surface area contributed by atoms with Gasteiger partial charge in [0.05, 0.1) is 0 Å². The molecule has 106 valence electrons. The summed E-state index contributed by atoms with van der Waals surface area (Å²) in [6.45, 7) is 4.77. The molecule has 1 aromatic carbocycles. The van der Waals surface area contributed by atoms with Gasteiger partial charge in [0.2, 0.25) is 0 Å². The van der Waals surface area contributed by atoms with Gasteiger partial charge in [-0.3, -0.25) is 4.79 Å². The first-order valence-corrected chi connectivity index (χ1v) is 7.10. The summed E-state index contributed by atoms with van der Waals surface area (Å²) in [5.74, 6) is 0.226. The Labute approximate surface area is 120 Å². The third-order valence-electron chi connectivity index (χ3n) is 3.09. The molecule has 1 aromatic rings. The van der Waals surface area contributed by atoms with Crippen molar-refractivity contribution in [1.29, 1.82) is 0 Å². The molecule has 0 aliphatic rings. The van der Waals surface area contributed by atoms with E-state index in [1.54, 1.807) is 6.07 Å². The molecule has 1 rings (SSSR count). The van der Waals surface area contributed by atoms with Gasteiger partial charge in [-0.2, -0.15) is 0 Å². The van der Waals surface area contributed by atoms with Crippen LogP contribution in [0, 0.1) is 12.8 Å². The predicted octanol–water partition coefficient (Wildman–Crippen LogP) is 3.18. The Kier molecular flexibility index (Phi) is 6.89. The highest BCUT2D eigenvalue weighted by Crippen LogP contribution is 2.15. The second-order valence-corrected chi connectivity index (χ2v) is 5.33. The molecule has 0 heterocycles. The minimum atomic E-state index is -0.107. The van der Waals surface area contributed by atoms with E-state index >= 15 is 0 Å². The summed E-state index contributed by atoms with van der Waals surface area (Å²) in [5.41, 5.74) is 1.56. The Bertz CT molecular complexity index is 394. The lowest BCUT2D eigenvalue weighted by molar-refractivity contribution is 0.0943. The molecule has 4 heteroatoms. The molecule has 0 radical (unpaired) electrons. The monoisotopic (exact) mass is 283 g/mol. The minimum Gasteiger partial charge on any atom is -0.396 e. The molecule has 1 amide bonds. The number of carbonyl (C=O) groups is 1. The van der Waals surface area contributed by atoms with Crippen molar-refractivity contribution in [1.82, 2.24) is 5.32 Å². The summed E-state index contributed by atoms with van der Waals surface area (Å²) in [6, 6.07) is 5.32. The van der Waals surface area contributed by atoms with E-state index in [1.165, 1.54) is 0 Å². The fourth-order valence-corrected chi connectivity index (χ4v) is 2.44. The van der Waals surface area contributed by atoms with E-state index in [1.807, 2.05) is 19.1 Å². The molecule has 0 saturated carbocycles. The zero-order valence-corrected chi connectivity index (χ0v) is 12.3. The van der Waals surface area contributed by atoms with E-state index in [0.29, 0.717) is 23.0 Å². The second kappa shape index (κ2) is 8.18. The standard InChI is InChI=1S/C15H22ClNO2/c1-3-4-12(5-6-18)10-17-15(19)13-7-11(2)8-14(16)9-13/h7-9,12,18H,3-6,10H2,1-2H3,(H,17,19). The molecule has 0 bridgehead atoms. The molecule has 0 saturated heterocycles. The molecular formula is C15H22ClNO2. The normalized spacial score (nSPS) is 12.2. The zero-order chi connectivity index (χ0) is 14.3. The van der Waals surface area contributed by atoms with Crippen LogP contribution < -0.4 is 5.32 Å². The van der Waals surface area contributed by atoms with Gasteiger partial charge in [-0.25, -0.2) is 0 Å². The number of carbonyl (C=O) groups excluding carboxylic acids is 1. The van der Waals surface area contributed by atoms with Crippen molar-refractivity contribution in [3.63, 3.8) is 0 Å². The summed E-state index contributed by atoms with van der Waals surface area (Å²) in [5, 5.41) is 12.5. The molecular weight excluding hydrogens is 262 g/mol. The van der Waals surface area contributed by atoms with Gasteiger partial charge < -0.3 is 10.4 Å². The van der Waals surface area contributed by atoms with Crippen molar-refractivity contribution in [3.05, 3.63) is 34.3 Å². The third kappa shape index (κ3) is 5.62. The lowest BCUT2D eigenvalue weighted by atomic mass is 10.00. The van der Waals surface area contributed by atoms with E-state index < -0.39 is 0 Å². The van der Waals surface area contributed by atoms with E-state index in [4.69, 9.17) is 16.7 Å². The molecule has 3 nitrogen and oxygen atoms in total. The van der Waals surface area contributed by atoms with Crippen molar-refractivity contribution < 1.29 is 9.90 Å². The van der Waals surface area contributed by atoms with Gasteiger partial charge in [-0.05, 0) is 49.4 Å². The first-order chi connectivity index (χ1) is 9.06. The van der Waals surface area contributed by atoms with Crippen LogP contribution in [0.5, 0.6) is 0 Å². The minimum absolute atomic E-state index is 0.107. The number of benzene rings is 1. The lowest BCUT2D eigenvalue weighted by Gasteiger charge is -2.15. The smallest absolute Gasteiger partial charge is 0.251 e. The zero-order valence-electron chi connectivity index (χ0n) is 11.6. The van der Waals surface area contributed by atoms with E-state index in [9.17, 15) is 4.79 Å². The van der Waals surface area contributed by atoms with Gasteiger partial charge in [-0.15, -0.1) is 0 Å². The first kappa shape index (κ1) is 16.0. The Morgan fingerprint density at radius 1 is 1.37 bits per heavy atom. The van der Waals surface area contributed by atoms with Crippen LogP contribution in [-0.2, 0) is 0 Å². The number of aliphatic hydroxyl groups is 1. The van der Waals surface area contributed by atoms with Gasteiger partial charge >= 0.3 is 0 Å². The van der Waals surface area contributed by atoms with E-state index in [-0.39, 0.29) is 12.5 Å². The highest BCUT2D eigenvalue weighted by Gasteiger charge is 2.11. The van der Waals surface area contributed by atoms with Gasteiger partial charge in [0.15, 0.2) is 0 Å². The number of rotatable bonds is 7. The third-order valence-corrected chi connectivity index (χ3v) is 3.31. The van der Waals surface area contributed by atoms with Crippen molar-refractivity contribution in [2.75, 3.05) is 13.2 Å². The number of halogens is 1. The van der Waals surface area contributed by atoms with Crippen LogP contribution in [0.3, 0.4) is 0 Å². The maximum Gasteiger partial charge on any atom is 0.251 e. The number of aliphatic hydroxyl groups excluding tert-OH is 1. The maximum atomic E-state index is 12.0. The lowest BCUT2D eigenvalue weighted by Crippen LogP contribution is -2.29. The summed E-state index contributed by atoms with van der Waals surface area (Å²) >= 11 is 5.94. The number of hydrogen-bond donors (Lipinski definition) is 2. The summed E-state index contributed by atoms with van der Waals surface area (Å²) in [4.78, 5) is 12.0. The summed E-state index contributed by atoms with van der Waals surface area (Å²) in [7, 11) is 0. The van der Waals surface area contributed by atoms with Crippen LogP contribution in [0.25, 0.3) is 0 Å². The van der Waals surface area contributed by atoms with Crippen molar-refractivity contribution in [3.8, 4) is 0 Å². The fraction of sp³-hybridized carbons (Fsp3) is 0.533. The highest BCUT2D eigenvalue weighted by atomic mass is 35.5. The molecule has 0 aromatic heterocycles. The second-order valence-electron chi connectivity index (χ2n) is 4.89. The van der Waals surface area contributed by atoms with E-state index in [0.717, 1.165) is 24.8 Å². The fourth-order valence-electron chi connectivity index (χ4n) is 2.15. The number of aryl methyl sites for hydroxylation is 1. The number of nitrogens with one attached hydrogen (secondary N) is 1. The summed E-state index contributed by atoms with van der Waals surface area (Å²) in [6.07, 6.45) is 2.79. The average Bonchev–Trinajstić information content (AvgIpc) is 2.35. The van der Waals surface area contributed by atoms with E-state index in [2.05, 4.69) is 12.2 Å². The molecule has 1 atom stereocenters. The van der Waals surface area contributed by atoms with Crippen LogP contribution in [0.15, 0.2) is 18.2 Å². The molecule has 0 aliphatic carbocycles.